The molecule has 13 heavy (non-hydrogen) atoms. The molecule has 1 aliphatic carbocycles. The first-order valence-electron chi connectivity index (χ1n) is 4.87. The van der Waals surface area contributed by atoms with E-state index in [1.54, 1.807) is 6.08 Å². The predicted molar refractivity (Wildman–Crippen MR) is 51.7 cm³/mol. The largest absolute Gasteiger partial charge is 0.478 e. The lowest BCUT2D eigenvalue weighted by molar-refractivity contribution is -0.131. The number of hydrogen-bond acceptors (Lipinski definition) is 2. The Morgan fingerprint density at radius 3 is 2.77 bits per heavy atom. The van der Waals surface area contributed by atoms with Gasteiger partial charge in [0.25, 0.3) is 0 Å². The first-order valence-corrected chi connectivity index (χ1v) is 4.87. The summed E-state index contributed by atoms with van der Waals surface area (Å²) in [6, 6.07) is 0.721. The average molecular weight is 183 g/mol. The molecule has 1 N–H and O–H groups in total. The number of aliphatic carboxylic acids is 1. The highest BCUT2D eigenvalue weighted by atomic mass is 16.4. The molecule has 1 fully saturated rings. The lowest BCUT2D eigenvalue weighted by Gasteiger charge is -2.18. The maximum absolute atomic E-state index is 10.2. The highest BCUT2D eigenvalue weighted by Gasteiger charge is 2.27. The monoisotopic (exact) mass is 183 g/mol. The van der Waals surface area contributed by atoms with Crippen LogP contribution in [0.5, 0.6) is 0 Å². The minimum absolute atomic E-state index is 0.721. The second-order valence-corrected chi connectivity index (χ2v) is 3.47. The van der Waals surface area contributed by atoms with Crippen molar-refractivity contribution in [2.24, 2.45) is 0 Å². The molecule has 1 saturated carbocycles. The molecule has 0 aromatic heterocycles. The van der Waals surface area contributed by atoms with Crippen molar-refractivity contribution in [1.29, 1.82) is 0 Å². The zero-order valence-corrected chi connectivity index (χ0v) is 8.07. The standard InChI is InChI=1S/C10H17NO2/c1-2-7-11(9-5-6-9)8-3-4-10(12)13/h3-4,9H,2,5-8H2,1H3,(H,12,13)/b4-3+. The molecular formula is C10H17NO2. The summed E-state index contributed by atoms with van der Waals surface area (Å²) < 4.78 is 0. The van der Waals surface area contributed by atoms with Crippen LogP contribution in [0.2, 0.25) is 0 Å². The Morgan fingerprint density at radius 1 is 1.62 bits per heavy atom. The van der Waals surface area contributed by atoms with Crippen LogP contribution in [0.3, 0.4) is 0 Å². The van der Waals surface area contributed by atoms with Crippen molar-refractivity contribution in [1.82, 2.24) is 4.90 Å². The van der Waals surface area contributed by atoms with Crippen LogP contribution in [0.4, 0.5) is 0 Å². The SMILES string of the molecule is CCCN(C/C=C/C(=O)O)C1CC1. The fourth-order valence-electron chi connectivity index (χ4n) is 1.44. The van der Waals surface area contributed by atoms with E-state index in [9.17, 15) is 4.79 Å². The Labute approximate surface area is 79.0 Å². The van der Waals surface area contributed by atoms with Gasteiger partial charge in [-0.15, -0.1) is 0 Å². The maximum Gasteiger partial charge on any atom is 0.328 e. The van der Waals surface area contributed by atoms with Gasteiger partial charge in [-0.25, -0.2) is 4.79 Å². The van der Waals surface area contributed by atoms with Crippen LogP contribution in [0, 0.1) is 0 Å². The number of carboxylic acid groups (broad SMARTS) is 1. The third kappa shape index (κ3) is 4.08. The zero-order valence-electron chi connectivity index (χ0n) is 8.07. The third-order valence-corrected chi connectivity index (χ3v) is 2.17. The quantitative estimate of drug-likeness (QED) is 0.634. The van der Waals surface area contributed by atoms with E-state index in [0.29, 0.717) is 0 Å². The van der Waals surface area contributed by atoms with Gasteiger partial charge in [0.15, 0.2) is 0 Å². The van der Waals surface area contributed by atoms with Crippen LogP contribution in [0.1, 0.15) is 26.2 Å². The van der Waals surface area contributed by atoms with E-state index in [0.717, 1.165) is 25.6 Å². The summed E-state index contributed by atoms with van der Waals surface area (Å²) >= 11 is 0. The van der Waals surface area contributed by atoms with Crippen LogP contribution in [-0.4, -0.2) is 35.1 Å². The van der Waals surface area contributed by atoms with Crippen molar-refractivity contribution in [3.8, 4) is 0 Å². The van der Waals surface area contributed by atoms with Gasteiger partial charge in [-0.1, -0.05) is 13.0 Å². The number of carbonyl (C=O) groups is 1. The Bertz CT molecular complexity index is 197. The topological polar surface area (TPSA) is 40.5 Å². The molecule has 0 bridgehead atoms. The molecule has 74 valence electrons. The van der Waals surface area contributed by atoms with Gasteiger partial charge in [-0.3, -0.25) is 4.90 Å². The average Bonchev–Trinajstić information content (AvgIpc) is 2.84. The van der Waals surface area contributed by atoms with Crippen molar-refractivity contribution in [2.45, 2.75) is 32.2 Å². The van der Waals surface area contributed by atoms with Gasteiger partial charge in [0.1, 0.15) is 0 Å². The number of rotatable bonds is 6. The third-order valence-electron chi connectivity index (χ3n) is 2.17. The lowest BCUT2D eigenvalue weighted by Crippen LogP contribution is -2.27. The van der Waals surface area contributed by atoms with Gasteiger partial charge >= 0.3 is 5.97 Å². The fraction of sp³-hybridized carbons (Fsp3) is 0.700. The summed E-state index contributed by atoms with van der Waals surface area (Å²) in [6.07, 6.45) is 6.65. The van der Waals surface area contributed by atoms with Crippen molar-refractivity contribution in [3.05, 3.63) is 12.2 Å². The second kappa shape index (κ2) is 5.02. The van der Waals surface area contributed by atoms with Crippen molar-refractivity contribution in [2.75, 3.05) is 13.1 Å². The van der Waals surface area contributed by atoms with Gasteiger partial charge in [-0.2, -0.15) is 0 Å². The van der Waals surface area contributed by atoms with Crippen molar-refractivity contribution in [3.63, 3.8) is 0 Å². The smallest absolute Gasteiger partial charge is 0.328 e. The van der Waals surface area contributed by atoms with Crippen molar-refractivity contribution < 1.29 is 9.90 Å². The maximum atomic E-state index is 10.2. The van der Waals surface area contributed by atoms with Gasteiger partial charge in [0.05, 0.1) is 0 Å². The van der Waals surface area contributed by atoms with E-state index < -0.39 is 5.97 Å². The molecule has 0 radical (unpaired) electrons. The normalized spacial score (nSPS) is 17.1. The van der Waals surface area contributed by atoms with Gasteiger partial charge < -0.3 is 5.11 Å². The Balaban J connectivity index is 2.25. The van der Waals surface area contributed by atoms with E-state index in [1.165, 1.54) is 18.9 Å². The summed E-state index contributed by atoms with van der Waals surface area (Å²) in [5.74, 6) is -0.854. The molecule has 0 heterocycles. The molecule has 1 rings (SSSR count). The molecular weight excluding hydrogens is 166 g/mol. The molecule has 1 aliphatic rings. The molecule has 0 saturated heterocycles. The molecule has 0 spiro atoms. The Morgan fingerprint density at radius 2 is 2.31 bits per heavy atom. The lowest BCUT2D eigenvalue weighted by atomic mass is 10.3. The summed E-state index contributed by atoms with van der Waals surface area (Å²) in [5.41, 5.74) is 0. The minimum Gasteiger partial charge on any atom is -0.478 e. The van der Waals surface area contributed by atoms with Crippen LogP contribution in [-0.2, 0) is 4.79 Å². The highest BCUT2D eigenvalue weighted by Crippen LogP contribution is 2.26. The molecule has 3 nitrogen and oxygen atoms in total. The highest BCUT2D eigenvalue weighted by molar-refractivity contribution is 5.79. The van der Waals surface area contributed by atoms with E-state index in [2.05, 4.69) is 11.8 Å². The summed E-state index contributed by atoms with van der Waals surface area (Å²) in [7, 11) is 0. The van der Waals surface area contributed by atoms with Crippen molar-refractivity contribution >= 4 is 5.97 Å². The molecule has 0 aromatic carbocycles. The summed E-state index contributed by atoms with van der Waals surface area (Å²) in [6.45, 7) is 4.01. The molecule has 0 unspecified atom stereocenters. The predicted octanol–water partition coefficient (Wildman–Crippen LogP) is 1.50. The molecule has 0 atom stereocenters. The zero-order chi connectivity index (χ0) is 9.68. The first-order chi connectivity index (χ1) is 6.24. The van der Waals surface area contributed by atoms with E-state index in [4.69, 9.17) is 5.11 Å². The molecule has 0 aromatic rings. The van der Waals surface area contributed by atoms with Crippen LogP contribution >= 0.6 is 0 Å². The minimum atomic E-state index is -0.854. The number of carboxylic acids is 1. The van der Waals surface area contributed by atoms with Crippen LogP contribution in [0.25, 0.3) is 0 Å². The Kier molecular flexibility index (Phi) is 3.96. The molecule has 0 amide bonds. The van der Waals surface area contributed by atoms with Gasteiger partial charge in [-0.05, 0) is 25.8 Å². The van der Waals surface area contributed by atoms with Gasteiger partial charge in [0, 0.05) is 18.7 Å². The number of nitrogens with zero attached hydrogens (tertiary/aromatic N) is 1. The first kappa shape index (κ1) is 10.3. The summed E-state index contributed by atoms with van der Waals surface area (Å²) in [5, 5.41) is 8.41. The second-order valence-electron chi connectivity index (χ2n) is 3.47. The van der Waals surface area contributed by atoms with Crippen LogP contribution in [0.15, 0.2) is 12.2 Å². The van der Waals surface area contributed by atoms with E-state index in [-0.39, 0.29) is 0 Å². The number of hydrogen-bond donors (Lipinski definition) is 1. The van der Waals surface area contributed by atoms with E-state index in [1.807, 2.05) is 0 Å². The van der Waals surface area contributed by atoms with Gasteiger partial charge in [0.2, 0.25) is 0 Å². The summed E-state index contributed by atoms with van der Waals surface area (Å²) in [4.78, 5) is 12.6. The molecule has 0 aliphatic heterocycles. The van der Waals surface area contributed by atoms with Crippen LogP contribution < -0.4 is 0 Å². The molecule has 3 heteroatoms. The Hall–Kier alpha value is -0.830. The van der Waals surface area contributed by atoms with E-state index >= 15 is 0 Å². The fourth-order valence-corrected chi connectivity index (χ4v) is 1.44.